The van der Waals surface area contributed by atoms with Crippen LogP contribution in [0.2, 0.25) is 0 Å². The Labute approximate surface area is 198 Å². The molecule has 0 unspecified atom stereocenters. The van der Waals surface area contributed by atoms with Gasteiger partial charge < -0.3 is 10.1 Å². The Bertz CT molecular complexity index is 1430. The molecule has 8 heteroatoms. The normalized spacial score (nSPS) is 11.1. The molecular formula is C25H21BrN4O3. The second kappa shape index (κ2) is 9.79. The van der Waals surface area contributed by atoms with Crippen LogP contribution in [0.25, 0.3) is 10.9 Å². The zero-order chi connectivity index (χ0) is 23.4. The van der Waals surface area contributed by atoms with Gasteiger partial charge in [-0.05, 0) is 55.8 Å². The molecule has 4 rings (SSSR count). The Kier molecular flexibility index (Phi) is 6.65. The van der Waals surface area contributed by atoms with Crippen LogP contribution < -0.4 is 15.6 Å². The minimum atomic E-state index is -0.272. The third-order valence-corrected chi connectivity index (χ3v) is 5.47. The first-order valence-corrected chi connectivity index (χ1v) is 11.0. The molecule has 0 aliphatic heterocycles. The van der Waals surface area contributed by atoms with Crippen LogP contribution in [0.4, 0.5) is 5.69 Å². The topological polar surface area (TPSA) is 85.6 Å². The van der Waals surface area contributed by atoms with E-state index in [1.165, 1.54) is 10.9 Å². The third kappa shape index (κ3) is 5.18. The van der Waals surface area contributed by atoms with Crippen LogP contribution in [0.5, 0.6) is 5.75 Å². The van der Waals surface area contributed by atoms with Crippen LogP contribution in [0.1, 0.15) is 17.0 Å². The van der Waals surface area contributed by atoms with Crippen molar-refractivity contribution in [1.29, 1.82) is 0 Å². The molecule has 1 N–H and O–H groups in total. The van der Waals surface area contributed by atoms with Gasteiger partial charge in [0.2, 0.25) is 0 Å². The number of benzene rings is 3. The zero-order valence-corrected chi connectivity index (χ0v) is 19.7. The predicted octanol–water partition coefficient (Wildman–Crippen LogP) is 4.68. The third-order valence-electron chi connectivity index (χ3n) is 4.98. The summed E-state index contributed by atoms with van der Waals surface area (Å²) in [6.07, 6.45) is 1.52. The van der Waals surface area contributed by atoms with Crippen molar-refractivity contribution in [3.8, 4) is 5.75 Å². The second-order valence-corrected chi connectivity index (χ2v) is 8.29. The van der Waals surface area contributed by atoms with E-state index < -0.39 is 0 Å². The van der Waals surface area contributed by atoms with E-state index >= 15 is 0 Å². The van der Waals surface area contributed by atoms with Crippen molar-refractivity contribution in [3.05, 3.63) is 98.5 Å². The highest BCUT2D eigenvalue weighted by molar-refractivity contribution is 9.10. The van der Waals surface area contributed by atoms with Gasteiger partial charge in [-0.1, -0.05) is 46.3 Å². The molecule has 33 heavy (non-hydrogen) atoms. The van der Waals surface area contributed by atoms with Crippen molar-refractivity contribution in [2.24, 2.45) is 5.10 Å². The molecule has 1 aromatic heterocycles. The number of carbonyl (C=O) groups excluding carboxylic acids is 1. The fraction of sp³-hybridized carbons (Fsp3) is 0.120. The monoisotopic (exact) mass is 504 g/mol. The van der Waals surface area contributed by atoms with Gasteiger partial charge in [-0.3, -0.25) is 9.59 Å². The standard InChI is InChI=1S/C25H21BrN4O3/c1-16-7-3-5-9-21(16)29-24(31)15-33-23-10-6-4-8-18(23)14-27-30-17(2)28-22-12-11-19(26)13-20(22)25(30)32/h3-14H,15H2,1-2H3,(H,29,31). The van der Waals surface area contributed by atoms with Gasteiger partial charge in [0.15, 0.2) is 6.61 Å². The Morgan fingerprint density at radius 1 is 1.12 bits per heavy atom. The summed E-state index contributed by atoms with van der Waals surface area (Å²) in [5.41, 5.74) is 2.67. The van der Waals surface area contributed by atoms with Gasteiger partial charge >= 0.3 is 0 Å². The zero-order valence-electron chi connectivity index (χ0n) is 18.1. The molecule has 4 aromatic rings. The van der Waals surface area contributed by atoms with E-state index in [0.717, 1.165) is 15.7 Å². The number of para-hydroxylation sites is 2. The molecule has 0 aliphatic rings. The Morgan fingerprint density at radius 3 is 2.70 bits per heavy atom. The van der Waals surface area contributed by atoms with Gasteiger partial charge in [0.1, 0.15) is 11.6 Å². The summed E-state index contributed by atoms with van der Waals surface area (Å²) in [6.45, 7) is 3.48. The van der Waals surface area contributed by atoms with E-state index in [-0.39, 0.29) is 18.1 Å². The summed E-state index contributed by atoms with van der Waals surface area (Å²) < 4.78 is 7.77. The fourth-order valence-electron chi connectivity index (χ4n) is 3.28. The van der Waals surface area contributed by atoms with Crippen molar-refractivity contribution in [1.82, 2.24) is 9.66 Å². The second-order valence-electron chi connectivity index (χ2n) is 7.37. The number of nitrogens with one attached hydrogen (secondary N) is 1. The number of halogens is 1. The van der Waals surface area contributed by atoms with E-state index in [9.17, 15) is 9.59 Å². The molecule has 166 valence electrons. The number of carbonyl (C=O) groups is 1. The Hall–Kier alpha value is -3.78. The molecule has 1 heterocycles. The highest BCUT2D eigenvalue weighted by Gasteiger charge is 2.10. The predicted molar refractivity (Wildman–Crippen MR) is 133 cm³/mol. The molecule has 0 radical (unpaired) electrons. The SMILES string of the molecule is Cc1ccccc1NC(=O)COc1ccccc1C=Nn1c(C)nc2ccc(Br)cc2c1=O. The number of aromatic nitrogens is 2. The molecule has 3 aromatic carbocycles. The number of fused-ring (bicyclic) bond motifs is 1. The van der Waals surface area contributed by atoms with E-state index in [1.807, 2.05) is 43.3 Å². The Morgan fingerprint density at radius 2 is 1.88 bits per heavy atom. The first-order valence-electron chi connectivity index (χ1n) is 10.2. The first-order chi connectivity index (χ1) is 15.9. The van der Waals surface area contributed by atoms with Crippen molar-refractivity contribution < 1.29 is 9.53 Å². The molecule has 1 amide bonds. The highest BCUT2D eigenvalue weighted by atomic mass is 79.9. The molecular weight excluding hydrogens is 484 g/mol. The maximum Gasteiger partial charge on any atom is 0.282 e. The van der Waals surface area contributed by atoms with Gasteiger partial charge in [-0.15, -0.1) is 0 Å². The average Bonchev–Trinajstić information content (AvgIpc) is 2.80. The van der Waals surface area contributed by atoms with Crippen molar-refractivity contribution >= 4 is 44.6 Å². The summed E-state index contributed by atoms with van der Waals surface area (Å²) >= 11 is 3.38. The van der Waals surface area contributed by atoms with Gasteiger partial charge in [0.25, 0.3) is 11.5 Å². The summed E-state index contributed by atoms with van der Waals surface area (Å²) in [6, 6.07) is 20.0. The fourth-order valence-corrected chi connectivity index (χ4v) is 3.64. The number of ether oxygens (including phenoxy) is 1. The van der Waals surface area contributed by atoms with Gasteiger partial charge in [0, 0.05) is 15.7 Å². The molecule has 0 atom stereocenters. The summed E-state index contributed by atoms with van der Waals surface area (Å²) in [4.78, 5) is 29.7. The number of nitrogens with zero attached hydrogens (tertiary/aromatic N) is 3. The van der Waals surface area contributed by atoms with E-state index in [4.69, 9.17) is 4.74 Å². The number of aryl methyl sites for hydroxylation is 2. The molecule has 0 bridgehead atoms. The minimum Gasteiger partial charge on any atom is -0.483 e. The van der Waals surface area contributed by atoms with Crippen LogP contribution in [0.15, 0.2) is 81.1 Å². The maximum absolute atomic E-state index is 12.9. The van der Waals surface area contributed by atoms with Crippen molar-refractivity contribution in [2.75, 3.05) is 11.9 Å². The number of anilines is 1. The summed E-state index contributed by atoms with van der Waals surface area (Å²) in [7, 11) is 0. The van der Waals surface area contributed by atoms with Gasteiger partial charge in [-0.25, -0.2) is 4.98 Å². The van der Waals surface area contributed by atoms with Crippen LogP contribution in [0.3, 0.4) is 0 Å². The lowest BCUT2D eigenvalue weighted by Gasteiger charge is -2.11. The van der Waals surface area contributed by atoms with Gasteiger partial charge in [-0.2, -0.15) is 9.78 Å². The molecule has 0 fully saturated rings. The Balaban J connectivity index is 1.54. The van der Waals surface area contributed by atoms with E-state index in [1.54, 1.807) is 37.3 Å². The van der Waals surface area contributed by atoms with Gasteiger partial charge in [0.05, 0.1) is 17.1 Å². The lowest BCUT2D eigenvalue weighted by atomic mass is 10.2. The summed E-state index contributed by atoms with van der Waals surface area (Å²) in [5, 5.41) is 7.64. The largest absolute Gasteiger partial charge is 0.483 e. The van der Waals surface area contributed by atoms with Crippen molar-refractivity contribution in [3.63, 3.8) is 0 Å². The molecule has 0 saturated carbocycles. The van der Waals surface area contributed by atoms with Crippen LogP contribution in [0, 0.1) is 13.8 Å². The first kappa shape index (κ1) is 22.4. The number of hydrogen-bond donors (Lipinski definition) is 1. The lowest BCUT2D eigenvalue weighted by Crippen LogP contribution is -2.21. The minimum absolute atomic E-state index is 0.163. The smallest absolute Gasteiger partial charge is 0.282 e. The molecule has 0 aliphatic carbocycles. The number of rotatable bonds is 6. The van der Waals surface area contributed by atoms with Crippen LogP contribution in [-0.2, 0) is 4.79 Å². The maximum atomic E-state index is 12.9. The van der Waals surface area contributed by atoms with E-state index in [2.05, 4.69) is 31.3 Å². The number of hydrogen-bond acceptors (Lipinski definition) is 5. The van der Waals surface area contributed by atoms with Crippen LogP contribution >= 0.6 is 15.9 Å². The molecule has 7 nitrogen and oxygen atoms in total. The summed E-state index contributed by atoms with van der Waals surface area (Å²) in [5.74, 6) is 0.665. The van der Waals surface area contributed by atoms with E-state index in [0.29, 0.717) is 28.0 Å². The quantitative estimate of drug-likeness (QED) is 0.386. The highest BCUT2D eigenvalue weighted by Crippen LogP contribution is 2.18. The average molecular weight is 505 g/mol. The molecule has 0 spiro atoms. The number of amides is 1. The molecule has 0 saturated heterocycles. The lowest BCUT2D eigenvalue weighted by molar-refractivity contribution is -0.118. The van der Waals surface area contributed by atoms with Crippen LogP contribution in [-0.4, -0.2) is 28.4 Å². The van der Waals surface area contributed by atoms with Crippen molar-refractivity contribution in [2.45, 2.75) is 13.8 Å².